The second kappa shape index (κ2) is 3.86. The second-order valence-corrected chi connectivity index (χ2v) is 6.40. The highest BCUT2D eigenvalue weighted by Gasteiger charge is 2.31. The van der Waals surface area contributed by atoms with Gasteiger partial charge in [0.15, 0.2) is 0 Å². The van der Waals surface area contributed by atoms with Gasteiger partial charge in [-0.3, -0.25) is 0 Å². The lowest BCUT2D eigenvalue weighted by Crippen LogP contribution is -2.37. The van der Waals surface area contributed by atoms with Crippen molar-refractivity contribution in [1.82, 2.24) is 5.32 Å². The molecule has 0 saturated heterocycles. The van der Waals surface area contributed by atoms with E-state index in [1.165, 1.54) is 21.9 Å². The summed E-state index contributed by atoms with van der Waals surface area (Å²) in [5, 5.41) is 6.01. The number of hydrogen-bond acceptors (Lipinski definition) is 1. The average molecular weight is 302 g/mol. The smallest absolute Gasteiger partial charge is 0.0344 e. The minimum Gasteiger partial charge on any atom is -0.384 e. The Balaban J connectivity index is 2.49. The molecule has 2 aromatic carbocycles. The Kier molecular flexibility index (Phi) is 2.53. The fourth-order valence-corrected chi connectivity index (χ4v) is 3.38. The summed E-state index contributed by atoms with van der Waals surface area (Å²) in [7, 11) is 0. The zero-order valence-corrected chi connectivity index (χ0v) is 12.3. The number of rotatable bonds is 0. The SMILES string of the molecule is C=C1NCC(C)(C)c2c1cc(Br)c1ccccc21. The predicted octanol–water partition coefficient (Wildman–Crippen LogP) is 4.45. The lowest BCUT2D eigenvalue weighted by Gasteiger charge is -2.36. The molecule has 1 aliphatic rings. The zero-order chi connectivity index (χ0) is 12.9. The fraction of sp³-hybridized carbons (Fsp3) is 0.250. The van der Waals surface area contributed by atoms with Gasteiger partial charge in [-0.2, -0.15) is 0 Å². The Morgan fingerprint density at radius 2 is 1.89 bits per heavy atom. The molecule has 1 heterocycles. The molecule has 0 amide bonds. The largest absolute Gasteiger partial charge is 0.384 e. The molecule has 0 fully saturated rings. The molecule has 0 atom stereocenters. The molecule has 0 unspecified atom stereocenters. The third kappa shape index (κ3) is 1.59. The van der Waals surface area contributed by atoms with Crippen LogP contribution >= 0.6 is 15.9 Å². The molecule has 1 aliphatic heterocycles. The van der Waals surface area contributed by atoms with Gasteiger partial charge in [-0.25, -0.2) is 0 Å². The highest BCUT2D eigenvalue weighted by molar-refractivity contribution is 9.10. The van der Waals surface area contributed by atoms with E-state index in [9.17, 15) is 0 Å². The topological polar surface area (TPSA) is 12.0 Å². The molecule has 0 radical (unpaired) electrons. The molecule has 0 saturated carbocycles. The van der Waals surface area contributed by atoms with Crippen molar-refractivity contribution in [3.8, 4) is 0 Å². The lowest BCUT2D eigenvalue weighted by molar-refractivity contribution is 0.497. The number of benzene rings is 2. The average Bonchev–Trinajstić information content (AvgIpc) is 2.34. The van der Waals surface area contributed by atoms with Crippen molar-refractivity contribution < 1.29 is 0 Å². The van der Waals surface area contributed by atoms with Crippen molar-refractivity contribution in [3.63, 3.8) is 0 Å². The van der Waals surface area contributed by atoms with Crippen LogP contribution in [0.2, 0.25) is 0 Å². The maximum Gasteiger partial charge on any atom is 0.0344 e. The van der Waals surface area contributed by atoms with E-state index >= 15 is 0 Å². The van der Waals surface area contributed by atoms with Gasteiger partial charge in [0.2, 0.25) is 0 Å². The van der Waals surface area contributed by atoms with Gasteiger partial charge in [-0.15, -0.1) is 0 Å². The van der Waals surface area contributed by atoms with Gasteiger partial charge in [-0.1, -0.05) is 60.6 Å². The molecule has 92 valence electrons. The summed E-state index contributed by atoms with van der Waals surface area (Å²) in [6.45, 7) is 9.64. The lowest BCUT2D eigenvalue weighted by atomic mass is 9.76. The Hall–Kier alpha value is -1.28. The molecule has 1 nitrogen and oxygen atoms in total. The molecule has 1 N–H and O–H groups in total. The summed E-state index contributed by atoms with van der Waals surface area (Å²) in [4.78, 5) is 0. The molecule has 0 aromatic heterocycles. The van der Waals surface area contributed by atoms with Gasteiger partial charge in [0, 0.05) is 27.7 Å². The van der Waals surface area contributed by atoms with Crippen LogP contribution in [0.3, 0.4) is 0 Å². The molecular formula is C16H16BrN. The number of nitrogens with one attached hydrogen (secondary N) is 1. The molecule has 2 heteroatoms. The molecule has 0 spiro atoms. The normalized spacial score (nSPS) is 17.4. The van der Waals surface area contributed by atoms with E-state index in [0.29, 0.717) is 0 Å². The van der Waals surface area contributed by atoms with Crippen molar-refractivity contribution in [2.75, 3.05) is 6.54 Å². The minimum absolute atomic E-state index is 0.122. The molecule has 2 aromatic rings. The van der Waals surface area contributed by atoms with Crippen LogP contribution in [0.15, 0.2) is 41.4 Å². The Morgan fingerprint density at radius 1 is 1.22 bits per heavy atom. The standard InChI is InChI=1S/C16H16BrN/c1-10-13-8-14(17)11-6-4-5-7-12(11)15(13)16(2,3)9-18-10/h4-8,18H,1,9H2,2-3H3. The first-order valence-electron chi connectivity index (χ1n) is 6.15. The summed E-state index contributed by atoms with van der Waals surface area (Å²) in [5.74, 6) is 0. The van der Waals surface area contributed by atoms with E-state index in [1.807, 2.05) is 0 Å². The Bertz CT molecular complexity index is 655. The van der Waals surface area contributed by atoms with Crippen LogP contribution in [0.1, 0.15) is 25.0 Å². The van der Waals surface area contributed by atoms with Crippen molar-refractivity contribution >= 4 is 32.4 Å². The molecule has 0 aliphatic carbocycles. The van der Waals surface area contributed by atoms with Gasteiger partial charge in [0.1, 0.15) is 0 Å². The summed E-state index contributed by atoms with van der Waals surface area (Å²) in [5.41, 5.74) is 3.79. The number of fused-ring (bicyclic) bond motifs is 3. The Morgan fingerprint density at radius 3 is 2.61 bits per heavy atom. The van der Waals surface area contributed by atoms with Crippen LogP contribution in [0.25, 0.3) is 16.5 Å². The van der Waals surface area contributed by atoms with E-state index < -0.39 is 0 Å². The first-order valence-corrected chi connectivity index (χ1v) is 6.95. The summed E-state index contributed by atoms with van der Waals surface area (Å²) in [6, 6.07) is 10.8. The monoisotopic (exact) mass is 301 g/mol. The van der Waals surface area contributed by atoms with Crippen molar-refractivity contribution in [2.24, 2.45) is 0 Å². The van der Waals surface area contributed by atoms with E-state index in [4.69, 9.17) is 0 Å². The van der Waals surface area contributed by atoms with E-state index in [0.717, 1.165) is 16.7 Å². The molecular weight excluding hydrogens is 286 g/mol. The maximum atomic E-state index is 4.14. The zero-order valence-electron chi connectivity index (χ0n) is 10.7. The van der Waals surface area contributed by atoms with Crippen LogP contribution in [0, 0.1) is 0 Å². The van der Waals surface area contributed by atoms with Crippen LogP contribution < -0.4 is 5.32 Å². The molecule has 18 heavy (non-hydrogen) atoms. The number of hydrogen-bond donors (Lipinski definition) is 1. The van der Waals surface area contributed by atoms with Crippen LogP contribution in [-0.2, 0) is 5.41 Å². The highest BCUT2D eigenvalue weighted by atomic mass is 79.9. The molecule has 0 bridgehead atoms. The van der Waals surface area contributed by atoms with E-state index in [2.05, 4.69) is 72.0 Å². The third-order valence-corrected chi connectivity index (χ3v) is 4.40. The summed E-state index contributed by atoms with van der Waals surface area (Å²) >= 11 is 3.67. The van der Waals surface area contributed by atoms with Crippen LogP contribution in [0.4, 0.5) is 0 Å². The van der Waals surface area contributed by atoms with Crippen LogP contribution in [-0.4, -0.2) is 6.54 Å². The Labute approximate surface area is 116 Å². The molecule has 3 rings (SSSR count). The quantitative estimate of drug-likeness (QED) is 0.758. The summed E-state index contributed by atoms with van der Waals surface area (Å²) in [6.07, 6.45) is 0. The van der Waals surface area contributed by atoms with Crippen LogP contribution in [0.5, 0.6) is 0 Å². The predicted molar refractivity (Wildman–Crippen MR) is 81.7 cm³/mol. The van der Waals surface area contributed by atoms with Gasteiger partial charge in [0.05, 0.1) is 0 Å². The maximum absolute atomic E-state index is 4.14. The van der Waals surface area contributed by atoms with Crippen molar-refractivity contribution in [2.45, 2.75) is 19.3 Å². The van der Waals surface area contributed by atoms with Gasteiger partial charge in [0.25, 0.3) is 0 Å². The van der Waals surface area contributed by atoms with E-state index in [1.54, 1.807) is 0 Å². The third-order valence-electron chi connectivity index (χ3n) is 3.74. The minimum atomic E-state index is 0.122. The van der Waals surface area contributed by atoms with Gasteiger partial charge < -0.3 is 5.32 Å². The highest BCUT2D eigenvalue weighted by Crippen LogP contribution is 2.41. The fourth-order valence-electron chi connectivity index (χ4n) is 2.81. The number of halogens is 1. The van der Waals surface area contributed by atoms with Crippen molar-refractivity contribution in [1.29, 1.82) is 0 Å². The first kappa shape index (κ1) is 11.8. The van der Waals surface area contributed by atoms with Gasteiger partial charge in [-0.05, 0) is 22.4 Å². The second-order valence-electron chi connectivity index (χ2n) is 5.54. The van der Waals surface area contributed by atoms with Crippen molar-refractivity contribution in [3.05, 3.63) is 52.5 Å². The summed E-state index contributed by atoms with van der Waals surface area (Å²) < 4.78 is 1.14. The van der Waals surface area contributed by atoms with E-state index in [-0.39, 0.29) is 5.41 Å². The first-order chi connectivity index (χ1) is 8.50. The van der Waals surface area contributed by atoms with Gasteiger partial charge >= 0.3 is 0 Å².